The number of methoxy groups -OCH3 is 1. The number of hydrogen-bond donors (Lipinski definition) is 0. The van der Waals surface area contributed by atoms with Crippen LogP contribution in [0.25, 0.3) is 0 Å². The lowest BCUT2D eigenvalue weighted by Crippen LogP contribution is -2.25. The standard InChI is InChI=1S/C14H22N2O2/c1-9(14(17)18-4)10(2)16-11(3)15-12-7-5-6-8-13(12)16/h9-10H,5-8H2,1-4H3. The molecule has 0 fully saturated rings. The molecule has 0 saturated heterocycles. The quantitative estimate of drug-likeness (QED) is 0.774. The van der Waals surface area contributed by atoms with Crippen molar-refractivity contribution in [3.05, 3.63) is 17.2 Å². The molecule has 2 unspecified atom stereocenters. The lowest BCUT2D eigenvalue weighted by atomic mass is 9.98. The van der Waals surface area contributed by atoms with E-state index >= 15 is 0 Å². The molecule has 18 heavy (non-hydrogen) atoms. The van der Waals surface area contributed by atoms with Gasteiger partial charge in [0.1, 0.15) is 5.82 Å². The van der Waals surface area contributed by atoms with E-state index < -0.39 is 0 Å². The Balaban J connectivity index is 2.32. The summed E-state index contributed by atoms with van der Waals surface area (Å²) in [6.07, 6.45) is 4.60. The number of fused-ring (bicyclic) bond motifs is 1. The third-order valence-electron chi connectivity index (χ3n) is 4.05. The van der Waals surface area contributed by atoms with Gasteiger partial charge < -0.3 is 9.30 Å². The zero-order valence-corrected chi connectivity index (χ0v) is 11.7. The van der Waals surface area contributed by atoms with Crippen molar-refractivity contribution in [3.63, 3.8) is 0 Å². The first-order valence-electron chi connectivity index (χ1n) is 6.70. The van der Waals surface area contributed by atoms with Crippen LogP contribution in [-0.4, -0.2) is 22.6 Å². The Hall–Kier alpha value is -1.32. The molecule has 1 heterocycles. The molecule has 0 N–H and O–H groups in total. The van der Waals surface area contributed by atoms with Crippen LogP contribution in [0.1, 0.15) is 49.9 Å². The van der Waals surface area contributed by atoms with E-state index in [0.29, 0.717) is 0 Å². The molecule has 0 bridgehead atoms. The minimum Gasteiger partial charge on any atom is -0.469 e. The van der Waals surface area contributed by atoms with Gasteiger partial charge in [0.05, 0.1) is 18.7 Å². The molecule has 1 aliphatic rings. The van der Waals surface area contributed by atoms with Gasteiger partial charge in [-0.05, 0) is 46.5 Å². The first kappa shape index (κ1) is 13.1. The predicted molar refractivity (Wildman–Crippen MR) is 69.5 cm³/mol. The fraction of sp³-hybridized carbons (Fsp3) is 0.714. The van der Waals surface area contributed by atoms with Gasteiger partial charge in [-0.3, -0.25) is 4.79 Å². The van der Waals surface area contributed by atoms with Crippen LogP contribution >= 0.6 is 0 Å². The van der Waals surface area contributed by atoms with E-state index in [4.69, 9.17) is 4.74 Å². The average molecular weight is 250 g/mol. The second-order valence-corrected chi connectivity index (χ2v) is 5.18. The van der Waals surface area contributed by atoms with Crippen molar-refractivity contribution < 1.29 is 9.53 Å². The number of hydrogen-bond acceptors (Lipinski definition) is 3. The lowest BCUT2D eigenvalue weighted by Gasteiger charge is -2.24. The second-order valence-electron chi connectivity index (χ2n) is 5.18. The number of ether oxygens (including phenoxy) is 1. The molecule has 0 spiro atoms. The Kier molecular flexibility index (Phi) is 3.73. The third-order valence-corrected chi connectivity index (χ3v) is 4.05. The normalized spacial score (nSPS) is 18.0. The van der Waals surface area contributed by atoms with Gasteiger partial charge in [-0.25, -0.2) is 4.98 Å². The van der Waals surface area contributed by atoms with Crippen LogP contribution in [0, 0.1) is 12.8 Å². The third kappa shape index (κ3) is 2.16. The highest BCUT2D eigenvalue weighted by molar-refractivity contribution is 5.72. The summed E-state index contributed by atoms with van der Waals surface area (Å²) in [4.78, 5) is 16.3. The molecule has 1 aliphatic carbocycles. The smallest absolute Gasteiger partial charge is 0.310 e. The van der Waals surface area contributed by atoms with Crippen LogP contribution in [0.4, 0.5) is 0 Å². The lowest BCUT2D eigenvalue weighted by molar-refractivity contribution is -0.146. The summed E-state index contributed by atoms with van der Waals surface area (Å²) < 4.78 is 7.07. The van der Waals surface area contributed by atoms with Crippen LogP contribution in [0.3, 0.4) is 0 Å². The van der Waals surface area contributed by atoms with Gasteiger partial charge in [0.2, 0.25) is 0 Å². The molecule has 2 rings (SSSR count). The average Bonchev–Trinajstić information content (AvgIpc) is 2.71. The molecule has 0 aromatic carbocycles. The fourth-order valence-corrected chi connectivity index (χ4v) is 2.84. The number of esters is 1. The Morgan fingerprint density at radius 3 is 2.67 bits per heavy atom. The van der Waals surface area contributed by atoms with E-state index in [9.17, 15) is 4.79 Å². The summed E-state index contributed by atoms with van der Waals surface area (Å²) in [5, 5.41) is 0. The van der Waals surface area contributed by atoms with Crippen molar-refractivity contribution in [1.82, 2.24) is 9.55 Å². The van der Waals surface area contributed by atoms with Gasteiger partial charge in [0.15, 0.2) is 0 Å². The van der Waals surface area contributed by atoms with E-state index in [0.717, 1.165) is 18.7 Å². The molecular formula is C14H22N2O2. The SMILES string of the molecule is COC(=O)C(C)C(C)n1c(C)nc2c1CCCC2. The van der Waals surface area contributed by atoms with Crippen LogP contribution < -0.4 is 0 Å². The van der Waals surface area contributed by atoms with Gasteiger partial charge >= 0.3 is 5.97 Å². The van der Waals surface area contributed by atoms with Gasteiger partial charge in [0.25, 0.3) is 0 Å². The van der Waals surface area contributed by atoms with E-state index in [1.165, 1.54) is 31.3 Å². The zero-order valence-electron chi connectivity index (χ0n) is 11.7. The molecule has 4 nitrogen and oxygen atoms in total. The number of carbonyl (C=O) groups excluding carboxylic acids is 1. The largest absolute Gasteiger partial charge is 0.469 e. The Bertz CT molecular complexity index is 451. The topological polar surface area (TPSA) is 44.1 Å². The summed E-state index contributed by atoms with van der Waals surface area (Å²) in [7, 11) is 1.45. The summed E-state index contributed by atoms with van der Waals surface area (Å²) in [5.74, 6) is 0.722. The molecule has 0 aliphatic heterocycles. The zero-order chi connectivity index (χ0) is 13.3. The fourth-order valence-electron chi connectivity index (χ4n) is 2.84. The number of aromatic nitrogens is 2. The summed E-state index contributed by atoms with van der Waals surface area (Å²) in [6, 6.07) is 0.104. The Morgan fingerprint density at radius 1 is 1.33 bits per heavy atom. The van der Waals surface area contributed by atoms with Crippen molar-refractivity contribution >= 4 is 5.97 Å². The minimum absolute atomic E-state index is 0.104. The number of carbonyl (C=O) groups is 1. The second kappa shape index (κ2) is 5.12. The van der Waals surface area contributed by atoms with Gasteiger partial charge in [-0.2, -0.15) is 0 Å². The predicted octanol–water partition coefficient (Wildman–Crippen LogP) is 2.44. The van der Waals surface area contributed by atoms with Crippen LogP contribution in [-0.2, 0) is 22.4 Å². The van der Waals surface area contributed by atoms with E-state index in [1.54, 1.807) is 0 Å². The van der Waals surface area contributed by atoms with Crippen LogP contribution in [0.15, 0.2) is 0 Å². The summed E-state index contributed by atoms with van der Waals surface area (Å²) >= 11 is 0. The molecule has 1 aromatic rings. The van der Waals surface area contributed by atoms with E-state index in [2.05, 4.69) is 16.5 Å². The monoisotopic (exact) mass is 250 g/mol. The number of rotatable bonds is 3. The molecule has 2 atom stereocenters. The molecule has 0 amide bonds. The molecule has 1 aromatic heterocycles. The van der Waals surface area contributed by atoms with E-state index in [1.807, 2.05) is 13.8 Å². The highest BCUT2D eigenvalue weighted by Gasteiger charge is 2.27. The van der Waals surface area contributed by atoms with Crippen molar-refractivity contribution in [2.75, 3.05) is 7.11 Å². The molecule has 4 heteroatoms. The van der Waals surface area contributed by atoms with E-state index in [-0.39, 0.29) is 17.9 Å². The number of aryl methyl sites for hydroxylation is 2. The first-order valence-corrected chi connectivity index (χ1v) is 6.70. The van der Waals surface area contributed by atoms with Crippen LogP contribution in [0.5, 0.6) is 0 Å². The maximum atomic E-state index is 11.7. The Labute approximate surface area is 108 Å². The van der Waals surface area contributed by atoms with Crippen molar-refractivity contribution in [3.8, 4) is 0 Å². The summed E-state index contributed by atoms with van der Waals surface area (Å²) in [6.45, 7) is 6.02. The number of imidazole rings is 1. The maximum Gasteiger partial charge on any atom is 0.310 e. The molecular weight excluding hydrogens is 228 g/mol. The molecule has 100 valence electrons. The highest BCUT2D eigenvalue weighted by atomic mass is 16.5. The highest BCUT2D eigenvalue weighted by Crippen LogP contribution is 2.28. The molecule has 0 saturated carbocycles. The van der Waals surface area contributed by atoms with Crippen molar-refractivity contribution in [1.29, 1.82) is 0 Å². The van der Waals surface area contributed by atoms with Gasteiger partial charge in [-0.15, -0.1) is 0 Å². The molecule has 0 radical (unpaired) electrons. The maximum absolute atomic E-state index is 11.7. The van der Waals surface area contributed by atoms with Crippen LogP contribution in [0.2, 0.25) is 0 Å². The first-order chi connectivity index (χ1) is 8.56. The number of nitrogens with zero attached hydrogens (tertiary/aromatic N) is 2. The Morgan fingerprint density at radius 2 is 2.00 bits per heavy atom. The minimum atomic E-state index is -0.153. The van der Waals surface area contributed by atoms with Gasteiger partial charge in [-0.1, -0.05) is 0 Å². The van der Waals surface area contributed by atoms with Gasteiger partial charge in [0, 0.05) is 11.7 Å². The van der Waals surface area contributed by atoms with Crippen molar-refractivity contribution in [2.24, 2.45) is 5.92 Å². The van der Waals surface area contributed by atoms with Crippen molar-refractivity contribution in [2.45, 2.75) is 52.5 Å². The summed E-state index contributed by atoms with van der Waals surface area (Å²) in [5.41, 5.74) is 2.55.